The Bertz CT molecular complexity index is 2840. The van der Waals surface area contributed by atoms with E-state index in [1.54, 1.807) is 0 Å². The molecule has 0 heterocycles. The second kappa shape index (κ2) is 10.7. The molecule has 0 aliphatic rings. The van der Waals surface area contributed by atoms with Crippen molar-refractivity contribution in [2.75, 3.05) is 0 Å². The lowest BCUT2D eigenvalue weighted by Gasteiger charge is -2.13. The highest BCUT2D eigenvalue weighted by molar-refractivity contribution is 6.25. The first-order chi connectivity index (χ1) is 23.8. The van der Waals surface area contributed by atoms with E-state index in [1.165, 1.54) is 98.0 Å². The van der Waals surface area contributed by atoms with E-state index in [0.717, 1.165) is 0 Å². The van der Waals surface area contributed by atoms with Crippen LogP contribution >= 0.6 is 0 Å². The van der Waals surface area contributed by atoms with Gasteiger partial charge in [0.25, 0.3) is 0 Å². The summed E-state index contributed by atoms with van der Waals surface area (Å²) in [4.78, 5) is 0. The van der Waals surface area contributed by atoms with Gasteiger partial charge >= 0.3 is 0 Å². The van der Waals surface area contributed by atoms with Crippen molar-refractivity contribution in [3.05, 3.63) is 182 Å². The van der Waals surface area contributed by atoms with Gasteiger partial charge in [-0.05, 0) is 122 Å². The van der Waals surface area contributed by atoms with Gasteiger partial charge in [-0.3, -0.25) is 0 Å². The number of rotatable bonds is 3. The fourth-order valence-corrected chi connectivity index (χ4v) is 7.83. The van der Waals surface area contributed by atoms with Crippen LogP contribution < -0.4 is 0 Å². The van der Waals surface area contributed by atoms with Crippen LogP contribution in [0.25, 0.3) is 98.0 Å². The van der Waals surface area contributed by atoms with Crippen molar-refractivity contribution in [2.24, 2.45) is 0 Å². The fourth-order valence-electron chi connectivity index (χ4n) is 7.83. The summed E-state index contributed by atoms with van der Waals surface area (Å²) in [5.41, 5.74) is 7.45. The van der Waals surface area contributed by atoms with E-state index in [1.807, 2.05) is 0 Å². The molecule has 48 heavy (non-hydrogen) atoms. The average Bonchev–Trinajstić information content (AvgIpc) is 3.17. The third-order valence-corrected chi connectivity index (χ3v) is 10.2. The predicted octanol–water partition coefficient (Wildman–Crippen LogP) is 13.6. The van der Waals surface area contributed by atoms with Gasteiger partial charge in [-0.15, -0.1) is 0 Å². The highest BCUT2D eigenvalue weighted by atomic mass is 14.2. The van der Waals surface area contributed by atoms with Crippen LogP contribution in [0.1, 0.15) is 0 Å². The highest BCUT2D eigenvalue weighted by Gasteiger charge is 2.12. The van der Waals surface area contributed by atoms with E-state index in [2.05, 4.69) is 182 Å². The molecule has 10 aromatic carbocycles. The number of fused-ring (bicyclic) bond motifs is 10. The number of hydrogen-bond donors (Lipinski definition) is 0. The molecule has 0 saturated heterocycles. The second-order valence-electron chi connectivity index (χ2n) is 12.9. The van der Waals surface area contributed by atoms with Gasteiger partial charge in [0.2, 0.25) is 0 Å². The maximum Gasteiger partial charge on any atom is -0.00928 e. The molecule has 10 aromatic rings. The summed E-state index contributed by atoms with van der Waals surface area (Å²) in [6.07, 6.45) is 0. The van der Waals surface area contributed by atoms with Crippen LogP contribution in [0.5, 0.6) is 0 Å². The molecule has 0 bridgehead atoms. The molecule has 0 aliphatic heterocycles. The van der Waals surface area contributed by atoms with E-state index < -0.39 is 0 Å². The minimum Gasteiger partial charge on any atom is -0.0616 e. The molecule has 0 amide bonds. The van der Waals surface area contributed by atoms with Gasteiger partial charge < -0.3 is 0 Å². The van der Waals surface area contributed by atoms with Gasteiger partial charge in [0, 0.05) is 0 Å². The third-order valence-electron chi connectivity index (χ3n) is 10.2. The summed E-state index contributed by atoms with van der Waals surface area (Å²) < 4.78 is 0. The topological polar surface area (TPSA) is 0 Å². The molecule has 0 unspecified atom stereocenters. The Labute approximate surface area is 279 Å². The van der Waals surface area contributed by atoms with Crippen molar-refractivity contribution in [1.82, 2.24) is 0 Å². The Balaban J connectivity index is 1.01. The molecule has 0 N–H and O–H groups in total. The molecule has 10 rings (SSSR count). The van der Waals surface area contributed by atoms with Crippen molar-refractivity contribution in [1.29, 1.82) is 0 Å². The third kappa shape index (κ3) is 4.24. The summed E-state index contributed by atoms with van der Waals surface area (Å²) in [6, 6.07) is 67.0. The molecule has 0 atom stereocenters. The van der Waals surface area contributed by atoms with Crippen LogP contribution in [0.15, 0.2) is 182 Å². The maximum atomic E-state index is 2.37. The molecule has 0 spiro atoms. The normalized spacial score (nSPS) is 11.8. The lowest BCUT2D eigenvalue weighted by molar-refractivity contribution is 1.62. The standard InChI is InChI=1S/C48H30/c1-2-10-39-37(9-1)30-47(44-15-7-3-11-40(39)44)38-24-23-34-27-33(21-22-35(34)28-38)31-17-19-32(20-18-31)36-25-26-46-43-14-5-4-12-41(43)42-13-6-8-16-45(42)48(46)29-36/h1-30H. The van der Waals surface area contributed by atoms with Crippen molar-refractivity contribution >= 4 is 64.6 Å². The lowest BCUT2D eigenvalue weighted by atomic mass is 9.91. The molecule has 0 aromatic heterocycles. The maximum absolute atomic E-state index is 2.37. The predicted molar refractivity (Wildman–Crippen MR) is 208 cm³/mol. The Morgan fingerprint density at radius 3 is 1.21 bits per heavy atom. The summed E-state index contributed by atoms with van der Waals surface area (Å²) in [5, 5.41) is 15.5. The minimum atomic E-state index is 1.22. The molecule has 222 valence electrons. The van der Waals surface area contributed by atoms with Crippen LogP contribution in [0.2, 0.25) is 0 Å². The summed E-state index contributed by atoms with van der Waals surface area (Å²) in [5.74, 6) is 0. The van der Waals surface area contributed by atoms with Crippen molar-refractivity contribution < 1.29 is 0 Å². The number of hydrogen-bond acceptors (Lipinski definition) is 0. The SMILES string of the molecule is c1ccc2c(c1)cc(-c1ccc3cc(-c4ccc(-c5ccc6c7ccccc7c7ccccc7c6c5)cc4)ccc3c1)c1ccccc12. The van der Waals surface area contributed by atoms with Gasteiger partial charge in [-0.2, -0.15) is 0 Å². The largest absolute Gasteiger partial charge is 0.0616 e. The first kappa shape index (κ1) is 26.9. The lowest BCUT2D eigenvalue weighted by Crippen LogP contribution is -1.86. The molecular formula is C48H30. The molecule has 0 fully saturated rings. The summed E-state index contributed by atoms with van der Waals surface area (Å²) in [6.45, 7) is 0. The van der Waals surface area contributed by atoms with Gasteiger partial charge in [-0.1, -0.05) is 158 Å². The second-order valence-corrected chi connectivity index (χ2v) is 12.9. The van der Waals surface area contributed by atoms with Crippen molar-refractivity contribution in [3.8, 4) is 33.4 Å². The smallest absolute Gasteiger partial charge is 0.00928 e. The Kier molecular flexibility index (Phi) is 5.98. The molecular weight excluding hydrogens is 577 g/mol. The van der Waals surface area contributed by atoms with Gasteiger partial charge in [0.15, 0.2) is 0 Å². The molecule has 0 heteroatoms. The highest BCUT2D eigenvalue weighted by Crippen LogP contribution is 2.39. The van der Waals surface area contributed by atoms with Crippen molar-refractivity contribution in [3.63, 3.8) is 0 Å². The number of benzene rings is 10. The van der Waals surface area contributed by atoms with Crippen molar-refractivity contribution in [2.45, 2.75) is 0 Å². The average molecular weight is 607 g/mol. The quantitative estimate of drug-likeness (QED) is 0.176. The first-order valence-electron chi connectivity index (χ1n) is 16.7. The monoisotopic (exact) mass is 606 g/mol. The Hall–Kier alpha value is -6.24. The zero-order valence-corrected chi connectivity index (χ0v) is 26.3. The molecule has 0 saturated carbocycles. The van der Waals surface area contributed by atoms with Gasteiger partial charge in [-0.25, -0.2) is 0 Å². The fraction of sp³-hybridized carbons (Fsp3) is 0. The zero-order chi connectivity index (χ0) is 31.6. The van der Waals surface area contributed by atoms with Crippen LogP contribution in [0.3, 0.4) is 0 Å². The van der Waals surface area contributed by atoms with Gasteiger partial charge in [0.05, 0.1) is 0 Å². The van der Waals surface area contributed by atoms with Crippen LogP contribution in [0.4, 0.5) is 0 Å². The van der Waals surface area contributed by atoms with Crippen LogP contribution in [-0.4, -0.2) is 0 Å². The van der Waals surface area contributed by atoms with Crippen LogP contribution in [-0.2, 0) is 0 Å². The van der Waals surface area contributed by atoms with Gasteiger partial charge in [0.1, 0.15) is 0 Å². The summed E-state index contributed by atoms with van der Waals surface area (Å²) in [7, 11) is 0. The van der Waals surface area contributed by atoms with E-state index in [0.29, 0.717) is 0 Å². The molecule has 0 radical (unpaired) electrons. The van der Waals surface area contributed by atoms with E-state index >= 15 is 0 Å². The molecule has 0 aliphatic carbocycles. The van der Waals surface area contributed by atoms with E-state index in [4.69, 9.17) is 0 Å². The Morgan fingerprint density at radius 1 is 0.188 bits per heavy atom. The van der Waals surface area contributed by atoms with E-state index in [9.17, 15) is 0 Å². The molecule has 0 nitrogen and oxygen atoms in total. The zero-order valence-electron chi connectivity index (χ0n) is 26.3. The summed E-state index contributed by atoms with van der Waals surface area (Å²) >= 11 is 0. The Morgan fingerprint density at radius 2 is 0.583 bits per heavy atom. The first-order valence-corrected chi connectivity index (χ1v) is 16.7. The van der Waals surface area contributed by atoms with Crippen LogP contribution in [0, 0.1) is 0 Å². The minimum absolute atomic E-state index is 1.22. The van der Waals surface area contributed by atoms with E-state index in [-0.39, 0.29) is 0 Å².